The number of nitrogens with zero attached hydrogens (tertiary/aromatic N) is 3. The lowest BCUT2D eigenvalue weighted by molar-refractivity contribution is -0.116. The number of aromatic nitrogens is 3. The molecule has 0 aliphatic carbocycles. The highest BCUT2D eigenvalue weighted by Crippen LogP contribution is 2.16. The van der Waals surface area contributed by atoms with Crippen molar-refractivity contribution in [2.75, 3.05) is 10.6 Å². The minimum Gasteiger partial charge on any atom is -0.371 e. The fourth-order valence-electron chi connectivity index (χ4n) is 1.73. The smallest absolute Gasteiger partial charge is 0.248 e. The van der Waals surface area contributed by atoms with Gasteiger partial charge in [-0.1, -0.05) is 5.16 Å². The van der Waals surface area contributed by atoms with E-state index in [0.717, 1.165) is 11.4 Å². The van der Waals surface area contributed by atoms with Crippen LogP contribution in [0.1, 0.15) is 33.4 Å². The Labute approximate surface area is 123 Å². The van der Waals surface area contributed by atoms with Gasteiger partial charge >= 0.3 is 0 Å². The van der Waals surface area contributed by atoms with E-state index < -0.39 is 6.04 Å². The van der Waals surface area contributed by atoms with Crippen molar-refractivity contribution in [2.45, 2.75) is 46.2 Å². The summed E-state index contributed by atoms with van der Waals surface area (Å²) in [4.78, 5) is 12.0. The van der Waals surface area contributed by atoms with E-state index in [9.17, 15) is 4.79 Å². The monoisotopic (exact) mass is 291 g/mol. The molecule has 1 atom stereocenters. The van der Waals surface area contributed by atoms with Crippen LogP contribution in [0.25, 0.3) is 0 Å². The van der Waals surface area contributed by atoms with Crippen molar-refractivity contribution >= 4 is 17.5 Å². The van der Waals surface area contributed by atoms with Crippen molar-refractivity contribution in [3.8, 4) is 0 Å². The van der Waals surface area contributed by atoms with Crippen LogP contribution in [0.5, 0.6) is 0 Å². The van der Waals surface area contributed by atoms with Crippen LogP contribution in [0, 0.1) is 6.92 Å². The molecule has 0 aliphatic rings. The van der Waals surface area contributed by atoms with Gasteiger partial charge < -0.3 is 9.84 Å². The molecule has 0 aliphatic heterocycles. The van der Waals surface area contributed by atoms with E-state index in [1.165, 1.54) is 0 Å². The lowest BCUT2D eigenvalue weighted by Gasteiger charge is -2.19. The summed E-state index contributed by atoms with van der Waals surface area (Å²) in [6, 6.07) is 1.25. The number of hydrogen-bond acceptors (Lipinski definition) is 5. The zero-order valence-electron chi connectivity index (χ0n) is 13.0. The summed E-state index contributed by atoms with van der Waals surface area (Å²) in [5.74, 6) is 0.145. The minimum absolute atomic E-state index is 0.0945. The number of anilines is 2. The second-order valence-corrected chi connectivity index (χ2v) is 6.03. The molecule has 1 amide bonds. The topological polar surface area (TPSA) is 85.0 Å². The molecule has 0 unspecified atom stereocenters. The summed E-state index contributed by atoms with van der Waals surface area (Å²) in [6.45, 7) is 9.75. The maximum atomic E-state index is 12.0. The molecular formula is C14H21N5O2. The highest BCUT2D eigenvalue weighted by atomic mass is 16.5. The first-order valence-electron chi connectivity index (χ1n) is 6.81. The summed E-state index contributed by atoms with van der Waals surface area (Å²) in [7, 11) is 0. The molecule has 2 rings (SSSR count). The molecule has 0 saturated heterocycles. The Hall–Kier alpha value is -2.31. The first-order valence-corrected chi connectivity index (χ1v) is 6.81. The molecule has 0 spiro atoms. The standard InChI is InChI=1S/C14H21N5O2/c1-9-6-12(21-18-9)17-13(20)10(2)16-11-7-15-19(8-11)14(3,4)5/h6-8,10,16H,1-5H3,(H,17,20)/t10-/m0/s1. The van der Waals surface area contributed by atoms with Crippen LogP contribution in [-0.4, -0.2) is 26.9 Å². The third-order valence-electron chi connectivity index (χ3n) is 2.92. The zero-order valence-corrected chi connectivity index (χ0v) is 13.0. The number of carbonyl (C=O) groups excluding carboxylic acids is 1. The molecule has 0 fully saturated rings. The average Bonchev–Trinajstić information content (AvgIpc) is 2.98. The van der Waals surface area contributed by atoms with Crippen LogP contribution >= 0.6 is 0 Å². The number of nitrogens with one attached hydrogen (secondary N) is 2. The molecule has 0 saturated carbocycles. The molecule has 21 heavy (non-hydrogen) atoms. The van der Waals surface area contributed by atoms with Crippen LogP contribution in [0.4, 0.5) is 11.6 Å². The molecule has 7 heteroatoms. The Kier molecular flexibility index (Phi) is 4.02. The number of hydrogen-bond donors (Lipinski definition) is 2. The van der Waals surface area contributed by atoms with Crippen molar-refractivity contribution in [2.24, 2.45) is 0 Å². The molecular weight excluding hydrogens is 270 g/mol. The van der Waals surface area contributed by atoms with Gasteiger partial charge in [0.15, 0.2) is 0 Å². The Morgan fingerprint density at radius 3 is 2.67 bits per heavy atom. The summed E-state index contributed by atoms with van der Waals surface area (Å²) in [5.41, 5.74) is 1.42. The fourth-order valence-corrected chi connectivity index (χ4v) is 1.73. The first kappa shape index (κ1) is 15.1. The van der Waals surface area contributed by atoms with E-state index >= 15 is 0 Å². The van der Waals surface area contributed by atoms with Crippen molar-refractivity contribution in [3.63, 3.8) is 0 Å². The van der Waals surface area contributed by atoms with Crippen LogP contribution in [0.2, 0.25) is 0 Å². The second-order valence-electron chi connectivity index (χ2n) is 6.03. The van der Waals surface area contributed by atoms with Gasteiger partial charge in [-0.3, -0.25) is 14.8 Å². The van der Waals surface area contributed by atoms with Gasteiger partial charge in [-0.25, -0.2) is 0 Å². The van der Waals surface area contributed by atoms with Gasteiger partial charge in [-0.2, -0.15) is 5.10 Å². The number of amides is 1. The number of carbonyl (C=O) groups is 1. The quantitative estimate of drug-likeness (QED) is 0.903. The van der Waals surface area contributed by atoms with E-state index in [1.807, 2.05) is 10.9 Å². The number of rotatable bonds is 4. The fraction of sp³-hybridized carbons (Fsp3) is 0.500. The van der Waals surface area contributed by atoms with Crippen LogP contribution in [0.15, 0.2) is 23.0 Å². The van der Waals surface area contributed by atoms with Crippen molar-refractivity contribution in [3.05, 3.63) is 24.2 Å². The Bertz CT molecular complexity index is 623. The summed E-state index contributed by atoms with van der Waals surface area (Å²) >= 11 is 0. The van der Waals surface area contributed by atoms with Crippen molar-refractivity contribution in [1.29, 1.82) is 0 Å². The third kappa shape index (κ3) is 3.84. The normalized spacial score (nSPS) is 13.0. The molecule has 0 bridgehead atoms. The minimum atomic E-state index is -0.423. The van der Waals surface area contributed by atoms with Crippen LogP contribution in [0.3, 0.4) is 0 Å². The van der Waals surface area contributed by atoms with Gasteiger partial charge in [0.05, 0.1) is 23.1 Å². The Morgan fingerprint density at radius 2 is 2.14 bits per heavy atom. The average molecular weight is 291 g/mol. The van der Waals surface area contributed by atoms with E-state index in [1.54, 1.807) is 26.1 Å². The van der Waals surface area contributed by atoms with E-state index in [2.05, 4.69) is 41.7 Å². The maximum absolute atomic E-state index is 12.0. The highest BCUT2D eigenvalue weighted by molar-refractivity contribution is 5.95. The summed E-state index contributed by atoms with van der Waals surface area (Å²) < 4.78 is 6.80. The summed E-state index contributed by atoms with van der Waals surface area (Å²) in [6.07, 6.45) is 3.58. The van der Waals surface area contributed by atoms with E-state index in [0.29, 0.717) is 5.88 Å². The van der Waals surface area contributed by atoms with E-state index in [4.69, 9.17) is 4.52 Å². The van der Waals surface area contributed by atoms with Crippen molar-refractivity contribution in [1.82, 2.24) is 14.9 Å². The van der Waals surface area contributed by atoms with Gasteiger partial charge in [0, 0.05) is 12.3 Å². The lowest BCUT2D eigenvalue weighted by atomic mass is 10.1. The Balaban J connectivity index is 1.96. The van der Waals surface area contributed by atoms with Gasteiger partial charge in [0.25, 0.3) is 0 Å². The maximum Gasteiger partial charge on any atom is 0.248 e. The first-order chi connectivity index (χ1) is 9.75. The summed E-state index contributed by atoms with van der Waals surface area (Å²) in [5, 5.41) is 13.8. The molecule has 114 valence electrons. The molecule has 2 aromatic rings. The van der Waals surface area contributed by atoms with Gasteiger partial charge in [0.1, 0.15) is 6.04 Å². The lowest BCUT2D eigenvalue weighted by Crippen LogP contribution is -2.31. The number of aryl methyl sites for hydroxylation is 1. The van der Waals surface area contributed by atoms with Crippen LogP contribution in [-0.2, 0) is 10.3 Å². The molecule has 0 radical (unpaired) electrons. The molecule has 7 nitrogen and oxygen atoms in total. The predicted molar refractivity (Wildman–Crippen MR) is 80.2 cm³/mol. The van der Waals surface area contributed by atoms with Gasteiger partial charge in [-0.15, -0.1) is 0 Å². The predicted octanol–water partition coefficient (Wildman–Crippen LogP) is 2.37. The largest absolute Gasteiger partial charge is 0.371 e. The third-order valence-corrected chi connectivity index (χ3v) is 2.92. The molecule has 2 N–H and O–H groups in total. The second kappa shape index (κ2) is 5.59. The van der Waals surface area contributed by atoms with Gasteiger partial charge in [0.2, 0.25) is 11.8 Å². The van der Waals surface area contributed by atoms with Crippen LogP contribution < -0.4 is 10.6 Å². The zero-order chi connectivity index (χ0) is 15.6. The highest BCUT2D eigenvalue weighted by Gasteiger charge is 2.18. The molecule has 0 aromatic carbocycles. The SMILES string of the molecule is Cc1cc(NC(=O)[C@H](C)Nc2cnn(C(C)(C)C)c2)on1. The van der Waals surface area contributed by atoms with Crippen molar-refractivity contribution < 1.29 is 9.32 Å². The molecule has 2 aromatic heterocycles. The van der Waals surface area contributed by atoms with Gasteiger partial charge in [-0.05, 0) is 34.6 Å². The van der Waals surface area contributed by atoms with E-state index in [-0.39, 0.29) is 11.4 Å². The molecule has 2 heterocycles. The Morgan fingerprint density at radius 1 is 1.43 bits per heavy atom.